The van der Waals surface area contributed by atoms with Crippen LogP contribution in [0.4, 0.5) is 0 Å². The van der Waals surface area contributed by atoms with Gasteiger partial charge in [-0.3, -0.25) is 0 Å². The largest absolute Gasteiger partial charge is 0.465 e. The molecule has 4 aromatic rings. The van der Waals surface area contributed by atoms with Crippen molar-refractivity contribution in [3.8, 4) is 22.9 Å². The van der Waals surface area contributed by atoms with Crippen molar-refractivity contribution in [2.45, 2.75) is 0 Å². The fourth-order valence-corrected chi connectivity index (χ4v) is 2.35. The Hall–Kier alpha value is -3.35. The molecule has 0 spiro atoms. The minimum Gasteiger partial charge on any atom is -0.465 e. The van der Waals surface area contributed by atoms with Gasteiger partial charge in [-0.2, -0.15) is 0 Å². The Bertz CT molecular complexity index is 968. The maximum atomic E-state index is 12.2. The van der Waals surface area contributed by atoms with Gasteiger partial charge in [-0.15, -0.1) is 0 Å². The van der Waals surface area contributed by atoms with Crippen LogP contribution in [0.25, 0.3) is 34.0 Å². The molecule has 0 saturated heterocycles. The first-order chi connectivity index (χ1) is 11.3. The van der Waals surface area contributed by atoms with Crippen molar-refractivity contribution in [3.63, 3.8) is 0 Å². The Kier molecular flexibility index (Phi) is 2.97. The lowest BCUT2D eigenvalue weighted by Crippen LogP contribution is -2.03. The monoisotopic (exact) mass is 310 g/mol. The van der Waals surface area contributed by atoms with E-state index in [-0.39, 0.29) is 11.3 Å². The molecule has 4 heterocycles. The number of pyridine rings is 1. The minimum atomic E-state index is -0.527. The number of rotatable bonds is 3. The summed E-state index contributed by atoms with van der Waals surface area (Å²) in [5, 5.41) is 4.40. The third kappa shape index (κ3) is 2.10. The Morgan fingerprint density at radius 3 is 2.52 bits per heavy atom. The van der Waals surface area contributed by atoms with E-state index in [0.29, 0.717) is 28.3 Å². The number of nitrogens with zero attached hydrogens (tertiary/aromatic N) is 2. The number of methoxy groups -OCH3 is 1. The molecule has 0 amide bonds. The highest BCUT2D eigenvalue weighted by molar-refractivity contribution is 6.07. The van der Waals surface area contributed by atoms with Crippen molar-refractivity contribution in [3.05, 3.63) is 48.4 Å². The third-order valence-corrected chi connectivity index (χ3v) is 3.38. The normalized spacial score (nSPS) is 11.0. The maximum absolute atomic E-state index is 12.2. The van der Waals surface area contributed by atoms with Crippen LogP contribution in [0, 0.1) is 0 Å². The van der Waals surface area contributed by atoms with Crippen molar-refractivity contribution < 1.29 is 22.9 Å². The topological polar surface area (TPSA) is 91.5 Å². The lowest BCUT2D eigenvalue weighted by Gasteiger charge is -2.03. The smallest absolute Gasteiger partial charge is 0.338 e. The van der Waals surface area contributed by atoms with Gasteiger partial charge < -0.3 is 18.1 Å². The molecule has 7 heteroatoms. The molecule has 0 unspecified atom stereocenters. The predicted molar refractivity (Wildman–Crippen MR) is 78.5 cm³/mol. The Balaban J connectivity index is 2.01. The molecule has 0 N–H and O–H groups in total. The zero-order valence-corrected chi connectivity index (χ0v) is 12.0. The fourth-order valence-electron chi connectivity index (χ4n) is 2.35. The van der Waals surface area contributed by atoms with E-state index >= 15 is 0 Å². The zero-order chi connectivity index (χ0) is 15.8. The second-order valence-corrected chi connectivity index (χ2v) is 4.71. The molecule has 0 fully saturated rings. The lowest BCUT2D eigenvalue weighted by molar-refractivity contribution is 0.0603. The van der Waals surface area contributed by atoms with E-state index in [4.69, 9.17) is 18.1 Å². The highest BCUT2D eigenvalue weighted by Crippen LogP contribution is 2.33. The number of esters is 1. The quantitative estimate of drug-likeness (QED) is 0.534. The Labute approximate surface area is 129 Å². The molecule has 0 saturated carbocycles. The van der Waals surface area contributed by atoms with Gasteiger partial charge in [-0.05, 0) is 30.3 Å². The van der Waals surface area contributed by atoms with Crippen LogP contribution in [-0.4, -0.2) is 23.2 Å². The molecule has 4 aromatic heterocycles. The summed E-state index contributed by atoms with van der Waals surface area (Å²) in [5.41, 5.74) is 1.32. The van der Waals surface area contributed by atoms with Crippen LogP contribution in [0.3, 0.4) is 0 Å². The average molecular weight is 310 g/mol. The summed E-state index contributed by atoms with van der Waals surface area (Å²) in [6.07, 6.45) is 3.03. The summed E-state index contributed by atoms with van der Waals surface area (Å²) >= 11 is 0. The second kappa shape index (κ2) is 5.13. The molecule has 114 valence electrons. The number of carbonyl (C=O) groups is 1. The first-order valence-corrected chi connectivity index (χ1v) is 6.74. The summed E-state index contributed by atoms with van der Waals surface area (Å²) in [4.78, 5) is 16.5. The molecule has 0 aliphatic heterocycles. The van der Waals surface area contributed by atoms with E-state index in [1.54, 1.807) is 30.3 Å². The molecule has 0 bridgehead atoms. The van der Waals surface area contributed by atoms with Crippen LogP contribution < -0.4 is 0 Å². The van der Waals surface area contributed by atoms with Crippen molar-refractivity contribution >= 4 is 17.1 Å². The van der Waals surface area contributed by atoms with Gasteiger partial charge in [0.2, 0.25) is 0 Å². The molecule has 0 aromatic carbocycles. The molecule has 4 rings (SSSR count). The van der Waals surface area contributed by atoms with Crippen LogP contribution in [0.1, 0.15) is 10.4 Å². The molecule has 0 aliphatic rings. The van der Waals surface area contributed by atoms with Gasteiger partial charge in [0.05, 0.1) is 30.6 Å². The molecular weight excluding hydrogens is 300 g/mol. The summed E-state index contributed by atoms with van der Waals surface area (Å²) in [6.45, 7) is 0. The first-order valence-electron chi connectivity index (χ1n) is 6.74. The summed E-state index contributed by atoms with van der Waals surface area (Å²) in [5.74, 6) is 0.454. The van der Waals surface area contributed by atoms with Gasteiger partial charge in [0.15, 0.2) is 17.2 Å². The van der Waals surface area contributed by atoms with E-state index in [2.05, 4.69) is 10.1 Å². The van der Waals surface area contributed by atoms with E-state index < -0.39 is 5.97 Å². The van der Waals surface area contributed by atoms with Crippen LogP contribution >= 0.6 is 0 Å². The third-order valence-electron chi connectivity index (χ3n) is 3.38. The van der Waals surface area contributed by atoms with E-state index in [1.165, 1.54) is 19.6 Å². The Morgan fingerprint density at radius 2 is 1.87 bits per heavy atom. The van der Waals surface area contributed by atoms with E-state index in [0.717, 1.165) is 0 Å². The SMILES string of the molecule is COC(=O)c1cc(-c2ccco2)nc2onc(-c3ccco3)c12. The molecular formula is C16H10N2O5. The van der Waals surface area contributed by atoms with E-state index in [1.807, 2.05) is 0 Å². The van der Waals surface area contributed by atoms with Crippen molar-refractivity contribution in [1.29, 1.82) is 0 Å². The standard InChI is InChI=1S/C16H10N2O5/c1-20-16(19)9-8-10(11-4-2-6-21-11)17-15-13(9)14(18-23-15)12-5-3-7-22-12/h2-8H,1H3. The number of carbonyl (C=O) groups excluding carboxylic acids is 1. The fraction of sp³-hybridized carbons (Fsp3) is 0.0625. The van der Waals surface area contributed by atoms with Gasteiger partial charge in [-0.1, -0.05) is 5.16 Å². The van der Waals surface area contributed by atoms with Gasteiger partial charge >= 0.3 is 5.97 Å². The number of hydrogen-bond acceptors (Lipinski definition) is 7. The number of aromatic nitrogens is 2. The number of fused-ring (bicyclic) bond motifs is 1. The lowest BCUT2D eigenvalue weighted by atomic mass is 10.1. The number of ether oxygens (including phenoxy) is 1. The molecule has 0 radical (unpaired) electrons. The maximum Gasteiger partial charge on any atom is 0.338 e. The van der Waals surface area contributed by atoms with Crippen molar-refractivity contribution in [1.82, 2.24) is 10.1 Å². The van der Waals surface area contributed by atoms with Crippen LogP contribution in [0.5, 0.6) is 0 Å². The molecule has 0 atom stereocenters. The summed E-state index contributed by atoms with van der Waals surface area (Å²) in [7, 11) is 1.31. The second-order valence-electron chi connectivity index (χ2n) is 4.71. The van der Waals surface area contributed by atoms with Gasteiger partial charge in [0, 0.05) is 0 Å². The highest BCUT2D eigenvalue weighted by atomic mass is 16.5. The number of furan rings is 2. The van der Waals surface area contributed by atoms with Gasteiger partial charge in [0.1, 0.15) is 5.69 Å². The highest BCUT2D eigenvalue weighted by Gasteiger charge is 2.24. The van der Waals surface area contributed by atoms with Crippen molar-refractivity contribution in [2.75, 3.05) is 7.11 Å². The van der Waals surface area contributed by atoms with Crippen LogP contribution in [0.2, 0.25) is 0 Å². The summed E-state index contributed by atoms with van der Waals surface area (Å²) in [6, 6.07) is 8.49. The minimum absolute atomic E-state index is 0.200. The number of hydrogen-bond donors (Lipinski definition) is 0. The van der Waals surface area contributed by atoms with Crippen molar-refractivity contribution in [2.24, 2.45) is 0 Å². The van der Waals surface area contributed by atoms with Crippen LogP contribution in [-0.2, 0) is 4.74 Å². The molecule has 23 heavy (non-hydrogen) atoms. The van der Waals surface area contributed by atoms with Gasteiger partial charge in [-0.25, -0.2) is 9.78 Å². The molecule has 0 aliphatic carbocycles. The predicted octanol–water partition coefficient (Wildman–Crippen LogP) is 3.53. The Morgan fingerprint density at radius 1 is 1.13 bits per heavy atom. The average Bonchev–Trinajstić information content (AvgIpc) is 3.32. The van der Waals surface area contributed by atoms with Gasteiger partial charge in [0.25, 0.3) is 5.71 Å². The van der Waals surface area contributed by atoms with Crippen LogP contribution in [0.15, 0.2) is 56.2 Å². The zero-order valence-electron chi connectivity index (χ0n) is 12.0. The molecule has 7 nitrogen and oxygen atoms in total. The summed E-state index contributed by atoms with van der Waals surface area (Å²) < 4.78 is 20.8. The first kappa shape index (κ1) is 13.3. The van der Waals surface area contributed by atoms with E-state index in [9.17, 15) is 4.79 Å².